The fourth-order valence-electron chi connectivity index (χ4n) is 0.887. The van der Waals surface area contributed by atoms with Crippen molar-refractivity contribution in [2.24, 2.45) is 0 Å². The minimum Gasteiger partial charge on any atom is -0.412 e. The summed E-state index contributed by atoms with van der Waals surface area (Å²) in [6.45, 7) is 4.60. The molecule has 1 radical (unpaired) electrons. The summed E-state index contributed by atoms with van der Waals surface area (Å²) in [6.07, 6.45) is 5.87. The van der Waals surface area contributed by atoms with Crippen molar-refractivity contribution in [2.75, 3.05) is 0 Å². The normalized spacial score (nSPS) is 9.00. The van der Waals surface area contributed by atoms with Gasteiger partial charge in [-0.15, -0.1) is 0 Å². The molecule has 0 heterocycles. The molecule has 0 saturated heterocycles. The third-order valence-corrected chi connectivity index (χ3v) is 6.65. The fourth-order valence-corrected chi connectivity index (χ4v) is 4.52. The molecule has 0 aromatic rings. The van der Waals surface area contributed by atoms with Crippen LogP contribution in [-0.4, -0.2) is 26.6 Å². The van der Waals surface area contributed by atoms with Gasteiger partial charge in [-0.05, 0) is 0 Å². The van der Waals surface area contributed by atoms with Gasteiger partial charge in [0.25, 0.3) is 0 Å². The second-order valence-corrected chi connectivity index (χ2v) is 7.52. The molecule has 0 saturated carbocycles. The first-order chi connectivity index (χ1) is 4.41. The summed E-state index contributed by atoms with van der Waals surface area (Å²) < 4.78 is 3.27. The van der Waals surface area contributed by atoms with Crippen molar-refractivity contribution in [3.8, 4) is 0 Å². The van der Waals surface area contributed by atoms with Gasteiger partial charge >= 0.3 is 69.5 Å². The summed E-state index contributed by atoms with van der Waals surface area (Å²) in [4.78, 5) is 0. The largest absolute Gasteiger partial charge is 0.412 e. The van der Waals surface area contributed by atoms with Crippen LogP contribution < -0.4 is 0 Å². The van der Waals surface area contributed by atoms with Crippen LogP contribution in [-0.2, 0) is 0 Å². The van der Waals surface area contributed by atoms with E-state index in [2.05, 4.69) is 13.8 Å². The smallest absolute Gasteiger partial charge is 0.412 e. The first kappa shape index (κ1) is 13.4. The Kier molecular flexibility index (Phi) is 16.6. The minimum absolute atomic E-state index is 0. The van der Waals surface area contributed by atoms with Gasteiger partial charge in [0.2, 0.25) is 0 Å². The van der Waals surface area contributed by atoms with E-state index in [1.807, 2.05) is 0 Å². The van der Waals surface area contributed by atoms with Crippen molar-refractivity contribution in [1.82, 2.24) is 0 Å². The van der Waals surface area contributed by atoms with E-state index in [0.717, 1.165) is 0 Å². The van der Waals surface area contributed by atoms with Crippen LogP contribution in [0.3, 0.4) is 0 Å². The van der Waals surface area contributed by atoms with Gasteiger partial charge in [0.15, 0.2) is 0 Å². The second kappa shape index (κ2) is 12.4. The molecule has 1 nitrogen and oxygen atoms in total. The van der Waals surface area contributed by atoms with Gasteiger partial charge in [0.1, 0.15) is 0 Å². The summed E-state index contributed by atoms with van der Waals surface area (Å²) >= 11 is -0.000539. The molecule has 0 unspecified atom stereocenters. The van der Waals surface area contributed by atoms with E-state index in [1.165, 1.54) is 25.7 Å². The molecular weight excluding hydrogens is 231 g/mol. The zero-order valence-electron chi connectivity index (χ0n) is 7.32. The summed E-state index contributed by atoms with van der Waals surface area (Å²) in [5.41, 5.74) is 0. The summed E-state index contributed by atoms with van der Waals surface area (Å²) in [5, 5.41) is 0. The molecular formula is C8H21OSn. The van der Waals surface area contributed by atoms with E-state index < -0.39 is 0 Å². The van der Waals surface area contributed by atoms with E-state index >= 15 is 0 Å². The molecule has 2 heteroatoms. The van der Waals surface area contributed by atoms with Crippen LogP contribution in [0.25, 0.3) is 0 Å². The Morgan fingerprint density at radius 3 is 2.10 bits per heavy atom. The monoisotopic (exact) mass is 253 g/mol. The topological polar surface area (TPSA) is 31.5 Å². The van der Waals surface area contributed by atoms with Crippen molar-refractivity contribution in [2.45, 2.75) is 48.4 Å². The molecule has 0 spiro atoms. The Morgan fingerprint density at radius 2 is 1.60 bits per heavy atom. The van der Waals surface area contributed by atoms with Crippen molar-refractivity contribution >= 4 is 21.1 Å². The molecule has 0 fully saturated rings. The standard InChI is InChI=1S/C5H11.C3H7.H2O.Sn.H/c1-3-5-4-2;1-3-2;;;/h1,3-5H2,2H3;1,3H2,2H3;1H2;;. The Balaban J connectivity index is 0. The average molecular weight is 252 g/mol. The Bertz CT molecular complexity index is 42.5. The minimum atomic E-state index is -0.000539. The Labute approximate surface area is 75.1 Å². The molecule has 0 aliphatic carbocycles. The SMILES string of the molecule is CCCC[CH2][SnH][CH2]CC.O. The quantitative estimate of drug-likeness (QED) is 0.511. The van der Waals surface area contributed by atoms with Gasteiger partial charge in [-0.2, -0.15) is 0 Å². The first-order valence-corrected chi connectivity index (χ1v) is 8.89. The first-order valence-electron chi connectivity index (χ1n) is 4.23. The van der Waals surface area contributed by atoms with Crippen LogP contribution in [0, 0.1) is 0 Å². The maximum atomic E-state index is 2.31. The summed E-state index contributed by atoms with van der Waals surface area (Å²) in [6, 6.07) is 0. The van der Waals surface area contributed by atoms with Crippen LogP contribution >= 0.6 is 0 Å². The van der Waals surface area contributed by atoms with E-state index in [1.54, 1.807) is 8.87 Å². The van der Waals surface area contributed by atoms with E-state index in [0.29, 0.717) is 0 Å². The van der Waals surface area contributed by atoms with Crippen molar-refractivity contribution in [1.29, 1.82) is 0 Å². The third-order valence-electron chi connectivity index (χ3n) is 1.50. The van der Waals surface area contributed by atoms with Gasteiger partial charge < -0.3 is 5.48 Å². The van der Waals surface area contributed by atoms with E-state index in [9.17, 15) is 0 Å². The molecule has 0 bridgehead atoms. The van der Waals surface area contributed by atoms with Crippen molar-refractivity contribution in [3.05, 3.63) is 0 Å². The van der Waals surface area contributed by atoms with Crippen LogP contribution in [0.15, 0.2) is 0 Å². The number of rotatable bonds is 6. The molecule has 0 aliphatic rings. The number of hydrogen-bond acceptors (Lipinski definition) is 0. The molecule has 0 atom stereocenters. The fraction of sp³-hybridized carbons (Fsp3) is 1.00. The van der Waals surface area contributed by atoms with E-state index in [-0.39, 0.29) is 26.6 Å². The predicted molar refractivity (Wildman–Crippen MR) is 50.2 cm³/mol. The summed E-state index contributed by atoms with van der Waals surface area (Å²) in [7, 11) is 0. The maximum absolute atomic E-state index is 2.31. The zero-order valence-corrected chi connectivity index (χ0v) is 10.6. The molecule has 10 heavy (non-hydrogen) atoms. The van der Waals surface area contributed by atoms with Crippen LogP contribution in [0.1, 0.15) is 39.5 Å². The van der Waals surface area contributed by atoms with Crippen molar-refractivity contribution < 1.29 is 5.48 Å². The summed E-state index contributed by atoms with van der Waals surface area (Å²) in [5.74, 6) is 0. The van der Waals surface area contributed by atoms with Crippen LogP contribution in [0.2, 0.25) is 8.87 Å². The van der Waals surface area contributed by atoms with Gasteiger partial charge in [-0.3, -0.25) is 0 Å². The second-order valence-electron chi connectivity index (χ2n) is 2.57. The molecule has 0 rings (SSSR count). The molecule has 0 amide bonds. The molecule has 0 aromatic heterocycles. The van der Waals surface area contributed by atoms with E-state index in [4.69, 9.17) is 0 Å². The van der Waals surface area contributed by atoms with Gasteiger partial charge in [-0.25, -0.2) is 0 Å². The van der Waals surface area contributed by atoms with Gasteiger partial charge in [0, 0.05) is 0 Å². The molecule has 0 aliphatic heterocycles. The third kappa shape index (κ3) is 11.5. The number of hydrogen-bond donors (Lipinski definition) is 0. The number of unbranched alkanes of at least 4 members (excludes halogenated alkanes) is 2. The predicted octanol–water partition coefficient (Wildman–Crippen LogP) is 2.04. The average Bonchev–Trinajstić information content (AvgIpc) is 1.89. The Hall–Kier alpha value is 0.759. The Morgan fingerprint density at radius 1 is 0.900 bits per heavy atom. The van der Waals surface area contributed by atoms with Gasteiger partial charge in [0.05, 0.1) is 0 Å². The molecule has 0 aromatic carbocycles. The molecule has 63 valence electrons. The zero-order chi connectivity index (χ0) is 6.95. The molecule has 2 N–H and O–H groups in total. The van der Waals surface area contributed by atoms with Crippen LogP contribution in [0.4, 0.5) is 0 Å². The van der Waals surface area contributed by atoms with Gasteiger partial charge in [-0.1, -0.05) is 0 Å². The maximum Gasteiger partial charge on any atom is -0.412 e. The van der Waals surface area contributed by atoms with Crippen LogP contribution in [0.5, 0.6) is 0 Å². The van der Waals surface area contributed by atoms with Crippen molar-refractivity contribution in [3.63, 3.8) is 0 Å².